The molecule has 2 atom stereocenters. The van der Waals surface area contributed by atoms with Gasteiger partial charge in [-0.25, -0.2) is 0 Å². The number of hydrogen-bond donors (Lipinski definition) is 1. The molecule has 122 valence electrons. The molecule has 0 saturated carbocycles. The maximum Gasteiger partial charge on any atom is 0.170 e. The summed E-state index contributed by atoms with van der Waals surface area (Å²) < 4.78 is 0. The molecule has 0 spiro atoms. The average molecular weight is 347 g/mol. The monoisotopic (exact) mass is 346 g/mol. The summed E-state index contributed by atoms with van der Waals surface area (Å²) in [7, 11) is 4.21. The van der Waals surface area contributed by atoms with Crippen molar-refractivity contribution in [3.05, 3.63) is 52.5 Å². The van der Waals surface area contributed by atoms with Gasteiger partial charge in [-0.05, 0) is 62.9 Å². The first kappa shape index (κ1) is 16.4. The van der Waals surface area contributed by atoms with Gasteiger partial charge in [-0.1, -0.05) is 12.1 Å². The second kappa shape index (κ2) is 7.38. The van der Waals surface area contributed by atoms with E-state index in [2.05, 4.69) is 57.8 Å². The summed E-state index contributed by atoms with van der Waals surface area (Å²) in [6, 6.07) is 10.7. The van der Waals surface area contributed by atoms with E-state index in [1.807, 2.05) is 18.3 Å². The zero-order valence-corrected chi connectivity index (χ0v) is 15.1. The molecule has 1 aliphatic rings. The highest BCUT2D eigenvalue weighted by Gasteiger charge is 2.39. The van der Waals surface area contributed by atoms with Gasteiger partial charge in [0.05, 0.1) is 17.8 Å². The van der Waals surface area contributed by atoms with Crippen molar-refractivity contribution < 1.29 is 0 Å². The van der Waals surface area contributed by atoms with Gasteiger partial charge in [-0.3, -0.25) is 4.98 Å². The molecule has 6 heteroatoms. The Morgan fingerprint density at radius 1 is 1.30 bits per heavy atom. The van der Waals surface area contributed by atoms with Gasteiger partial charge in [-0.15, -0.1) is 11.3 Å². The first-order valence-corrected chi connectivity index (χ1v) is 9.12. The first-order valence-electron chi connectivity index (χ1n) is 7.83. The van der Waals surface area contributed by atoms with Crippen LogP contribution in [-0.4, -0.2) is 47.1 Å². The molecule has 0 amide bonds. The summed E-state index contributed by atoms with van der Waals surface area (Å²) in [5.74, 6) is 0. The van der Waals surface area contributed by atoms with Crippen LogP contribution >= 0.6 is 23.6 Å². The number of pyridine rings is 1. The highest BCUT2D eigenvalue weighted by atomic mass is 32.1. The average Bonchev–Trinajstić information content (AvgIpc) is 3.16. The smallest absolute Gasteiger partial charge is 0.170 e. The van der Waals surface area contributed by atoms with Gasteiger partial charge in [0.25, 0.3) is 0 Å². The van der Waals surface area contributed by atoms with Crippen LogP contribution in [0, 0.1) is 0 Å². The van der Waals surface area contributed by atoms with Crippen LogP contribution in [0.25, 0.3) is 0 Å². The molecular weight excluding hydrogens is 324 g/mol. The van der Waals surface area contributed by atoms with E-state index in [9.17, 15) is 0 Å². The lowest BCUT2D eigenvalue weighted by Gasteiger charge is -2.27. The van der Waals surface area contributed by atoms with Crippen molar-refractivity contribution in [1.82, 2.24) is 20.1 Å². The molecule has 1 saturated heterocycles. The Kier molecular flexibility index (Phi) is 5.25. The quantitative estimate of drug-likeness (QED) is 0.813. The van der Waals surface area contributed by atoms with Crippen molar-refractivity contribution in [3.8, 4) is 0 Å². The topological polar surface area (TPSA) is 31.4 Å². The van der Waals surface area contributed by atoms with E-state index < -0.39 is 0 Å². The fourth-order valence-corrected chi connectivity index (χ4v) is 4.18. The van der Waals surface area contributed by atoms with E-state index in [4.69, 9.17) is 12.2 Å². The van der Waals surface area contributed by atoms with Crippen LogP contribution in [0.4, 0.5) is 0 Å². The van der Waals surface area contributed by atoms with E-state index in [0.717, 1.165) is 30.3 Å². The Balaban J connectivity index is 1.85. The molecule has 0 aromatic carbocycles. The fourth-order valence-electron chi connectivity index (χ4n) is 2.97. The minimum Gasteiger partial charge on any atom is -0.352 e. The molecule has 0 radical (unpaired) electrons. The van der Waals surface area contributed by atoms with E-state index in [-0.39, 0.29) is 12.1 Å². The number of hydrogen-bond acceptors (Lipinski definition) is 4. The Bertz CT molecular complexity index is 627. The van der Waals surface area contributed by atoms with Crippen LogP contribution in [0.1, 0.15) is 29.1 Å². The molecule has 4 nitrogen and oxygen atoms in total. The van der Waals surface area contributed by atoms with Crippen molar-refractivity contribution in [3.63, 3.8) is 0 Å². The van der Waals surface area contributed by atoms with E-state index >= 15 is 0 Å². The summed E-state index contributed by atoms with van der Waals surface area (Å²) in [6.07, 6.45) is 2.94. The van der Waals surface area contributed by atoms with E-state index in [1.165, 1.54) is 4.88 Å². The lowest BCUT2D eigenvalue weighted by Crippen LogP contribution is -2.32. The van der Waals surface area contributed by atoms with Crippen LogP contribution in [0.2, 0.25) is 0 Å². The van der Waals surface area contributed by atoms with E-state index in [1.54, 1.807) is 11.3 Å². The van der Waals surface area contributed by atoms with Crippen LogP contribution < -0.4 is 5.32 Å². The molecule has 3 heterocycles. The van der Waals surface area contributed by atoms with Crippen molar-refractivity contribution in [2.75, 3.05) is 27.2 Å². The maximum atomic E-state index is 5.63. The highest BCUT2D eigenvalue weighted by Crippen LogP contribution is 2.40. The summed E-state index contributed by atoms with van der Waals surface area (Å²) in [5, 5.41) is 6.45. The molecule has 0 aliphatic carbocycles. The van der Waals surface area contributed by atoms with Gasteiger partial charge in [0, 0.05) is 17.6 Å². The van der Waals surface area contributed by atoms with Crippen LogP contribution in [0.15, 0.2) is 41.9 Å². The summed E-state index contributed by atoms with van der Waals surface area (Å²) in [6.45, 7) is 2.01. The Morgan fingerprint density at radius 3 is 2.83 bits per heavy atom. The van der Waals surface area contributed by atoms with Gasteiger partial charge < -0.3 is 15.1 Å². The summed E-state index contributed by atoms with van der Waals surface area (Å²) >= 11 is 7.41. The third kappa shape index (κ3) is 3.71. The van der Waals surface area contributed by atoms with Crippen molar-refractivity contribution in [1.29, 1.82) is 0 Å². The Morgan fingerprint density at radius 2 is 2.17 bits per heavy atom. The molecule has 1 fully saturated rings. The zero-order chi connectivity index (χ0) is 16.2. The summed E-state index contributed by atoms with van der Waals surface area (Å²) in [5.41, 5.74) is 1.04. The van der Waals surface area contributed by atoms with Crippen LogP contribution in [0.5, 0.6) is 0 Å². The predicted molar refractivity (Wildman–Crippen MR) is 99.6 cm³/mol. The third-order valence-corrected chi connectivity index (χ3v) is 5.33. The van der Waals surface area contributed by atoms with Gasteiger partial charge in [0.2, 0.25) is 0 Å². The minimum atomic E-state index is 0.113. The number of thiocarbonyl (C=S) groups is 1. The molecule has 2 aromatic rings. The van der Waals surface area contributed by atoms with Crippen molar-refractivity contribution >= 4 is 28.7 Å². The maximum absolute atomic E-state index is 5.63. The van der Waals surface area contributed by atoms with Crippen LogP contribution in [0.3, 0.4) is 0 Å². The second-order valence-corrected chi connectivity index (χ2v) is 7.36. The highest BCUT2D eigenvalue weighted by molar-refractivity contribution is 7.80. The number of aromatic nitrogens is 1. The molecule has 23 heavy (non-hydrogen) atoms. The molecule has 0 bridgehead atoms. The number of rotatable bonds is 6. The lowest BCUT2D eigenvalue weighted by atomic mass is 10.0. The van der Waals surface area contributed by atoms with Crippen molar-refractivity contribution in [2.24, 2.45) is 0 Å². The van der Waals surface area contributed by atoms with Gasteiger partial charge >= 0.3 is 0 Å². The molecule has 1 aliphatic heterocycles. The predicted octanol–water partition coefficient (Wildman–Crippen LogP) is 3.07. The third-order valence-electron chi connectivity index (χ3n) is 4.04. The molecule has 2 aromatic heterocycles. The molecule has 1 N–H and O–H groups in total. The zero-order valence-electron chi connectivity index (χ0n) is 13.5. The standard InChI is InChI=1S/C17H22N4S2/c1-20(2)10-6-11-21-16(14-8-5-12-23-14)15(19-17(21)22)13-7-3-4-9-18-13/h3-5,7-9,12,15-16H,6,10-11H2,1-2H3,(H,19,22)/t15-,16+/m1/s1. The Labute approximate surface area is 147 Å². The molecule has 0 unspecified atom stereocenters. The normalized spacial score (nSPS) is 21.0. The van der Waals surface area contributed by atoms with E-state index in [0.29, 0.717) is 0 Å². The minimum absolute atomic E-state index is 0.113. The van der Waals surface area contributed by atoms with Crippen molar-refractivity contribution in [2.45, 2.75) is 18.5 Å². The van der Waals surface area contributed by atoms with Gasteiger partial charge in [0.15, 0.2) is 5.11 Å². The van der Waals surface area contributed by atoms with Gasteiger partial charge in [0.1, 0.15) is 0 Å². The SMILES string of the molecule is CN(C)CCCN1C(=S)N[C@H](c2ccccn2)[C@@H]1c1cccs1. The number of nitrogens with one attached hydrogen (secondary N) is 1. The lowest BCUT2D eigenvalue weighted by molar-refractivity contribution is 0.296. The number of nitrogens with zero attached hydrogens (tertiary/aromatic N) is 3. The molecule has 3 rings (SSSR count). The Hall–Kier alpha value is -1.50. The van der Waals surface area contributed by atoms with Crippen LogP contribution in [-0.2, 0) is 0 Å². The van der Waals surface area contributed by atoms with Gasteiger partial charge in [-0.2, -0.15) is 0 Å². The second-order valence-electron chi connectivity index (χ2n) is 5.99. The number of thiophene rings is 1. The fraction of sp³-hybridized carbons (Fsp3) is 0.412. The largest absolute Gasteiger partial charge is 0.352 e. The first-order chi connectivity index (χ1) is 11.2. The molecular formula is C17H22N4S2. The summed E-state index contributed by atoms with van der Waals surface area (Å²) in [4.78, 5) is 10.4.